The fourth-order valence-corrected chi connectivity index (χ4v) is 1.13. The van der Waals surface area contributed by atoms with E-state index in [9.17, 15) is 0 Å². The molecule has 0 saturated carbocycles. The number of hydrogen-bond donors (Lipinski definition) is 2. The molecule has 0 aromatic heterocycles. The first-order valence-corrected chi connectivity index (χ1v) is 4.13. The van der Waals surface area contributed by atoms with E-state index in [0.29, 0.717) is 0 Å². The fourth-order valence-electron chi connectivity index (χ4n) is 1.13. The van der Waals surface area contributed by atoms with Gasteiger partial charge in [-0.25, -0.2) is 10.4 Å². The van der Waals surface area contributed by atoms with E-state index in [4.69, 9.17) is 5.41 Å². The van der Waals surface area contributed by atoms with Crippen LogP contribution in [0.1, 0.15) is 33.6 Å². The maximum absolute atomic E-state index is 6.79. The van der Waals surface area contributed by atoms with Gasteiger partial charge in [0.1, 0.15) is 5.66 Å². The number of rotatable bonds is 5. The molecule has 0 atom stereocenters. The van der Waals surface area contributed by atoms with Crippen molar-refractivity contribution in [3.63, 3.8) is 0 Å². The molecule has 0 spiro atoms. The van der Waals surface area contributed by atoms with Crippen molar-refractivity contribution in [2.75, 3.05) is 6.54 Å². The second kappa shape index (κ2) is 7.29. The van der Waals surface area contributed by atoms with Gasteiger partial charge in [0.05, 0.1) is 6.01 Å². The van der Waals surface area contributed by atoms with E-state index in [0.717, 1.165) is 19.4 Å². The zero-order chi connectivity index (χ0) is 8.74. The summed E-state index contributed by atoms with van der Waals surface area (Å²) in [5.74, 6) is 0. The molecule has 0 aromatic rings. The van der Waals surface area contributed by atoms with Crippen LogP contribution in [0, 0.1) is 5.41 Å². The zero-order valence-corrected chi connectivity index (χ0v) is 8.79. The molecule has 4 heteroatoms. The van der Waals surface area contributed by atoms with E-state index in [1.807, 2.05) is 6.92 Å². The van der Waals surface area contributed by atoms with Gasteiger partial charge in [-0.05, 0) is 19.4 Å². The summed E-state index contributed by atoms with van der Waals surface area (Å²) in [5.41, 5.74) is -0.240. The van der Waals surface area contributed by atoms with Gasteiger partial charge in [0.2, 0.25) is 0 Å². The molecule has 0 saturated heterocycles. The molecule has 2 N–H and O–H groups in total. The molecule has 0 aliphatic heterocycles. The minimum absolute atomic E-state index is 0. The van der Waals surface area contributed by atoms with Crippen LogP contribution in [-0.4, -0.2) is 18.2 Å². The van der Waals surface area contributed by atoms with Crippen molar-refractivity contribution < 1.29 is 0 Å². The van der Waals surface area contributed by atoms with Crippen LogP contribution in [0.2, 0.25) is 0 Å². The van der Waals surface area contributed by atoms with Crippen LogP contribution in [0.3, 0.4) is 0 Å². The molecule has 0 fully saturated rings. The maximum Gasteiger partial charge on any atom is 0.121 e. The van der Waals surface area contributed by atoms with Crippen LogP contribution >= 0.6 is 12.4 Å². The second-order valence-corrected chi connectivity index (χ2v) is 2.49. The highest BCUT2D eigenvalue weighted by molar-refractivity contribution is 5.85. The topological polar surface area (TPSA) is 48.2 Å². The monoisotopic (exact) mass is 191 g/mol. The highest BCUT2D eigenvalue weighted by atomic mass is 35.5. The second-order valence-electron chi connectivity index (χ2n) is 2.49. The Hall–Kier alpha value is -0.370. The molecular formula is C8H18ClN3. The van der Waals surface area contributed by atoms with Crippen molar-refractivity contribution in [1.29, 1.82) is 5.41 Å². The standard InChI is InChI=1S/C8H17N3.ClH/c1-4-8(5-2,10-6-3)11-7-9;/h9-10H,4-6H2,1-3H3;1H. The molecule has 3 nitrogen and oxygen atoms in total. The first kappa shape index (κ1) is 14.2. The molecule has 12 heavy (non-hydrogen) atoms. The summed E-state index contributed by atoms with van der Waals surface area (Å²) < 4.78 is 0. The maximum atomic E-state index is 6.79. The molecule has 0 bridgehead atoms. The van der Waals surface area contributed by atoms with Crippen molar-refractivity contribution in [3.05, 3.63) is 0 Å². The Morgan fingerprint density at radius 2 is 1.83 bits per heavy atom. The SMILES string of the molecule is CCNC(CC)(CC)N=C=N.Cl. The van der Waals surface area contributed by atoms with E-state index in [1.165, 1.54) is 0 Å². The van der Waals surface area contributed by atoms with Crippen LogP contribution in [0.4, 0.5) is 0 Å². The molecule has 0 radical (unpaired) electrons. The molecule has 0 unspecified atom stereocenters. The quantitative estimate of drug-likeness (QED) is 0.644. The lowest BCUT2D eigenvalue weighted by Crippen LogP contribution is -2.42. The van der Waals surface area contributed by atoms with Gasteiger partial charge in [-0.15, -0.1) is 12.4 Å². The highest BCUT2D eigenvalue weighted by Crippen LogP contribution is 2.15. The molecule has 0 rings (SSSR count). The van der Waals surface area contributed by atoms with Crippen molar-refractivity contribution in [2.24, 2.45) is 4.99 Å². The van der Waals surface area contributed by atoms with Gasteiger partial charge in [0.15, 0.2) is 0 Å². The van der Waals surface area contributed by atoms with Crippen molar-refractivity contribution in [2.45, 2.75) is 39.3 Å². The van der Waals surface area contributed by atoms with Crippen molar-refractivity contribution in [1.82, 2.24) is 5.32 Å². The van der Waals surface area contributed by atoms with Crippen LogP contribution in [0.15, 0.2) is 4.99 Å². The van der Waals surface area contributed by atoms with E-state index in [1.54, 1.807) is 0 Å². The van der Waals surface area contributed by atoms with Gasteiger partial charge in [-0.1, -0.05) is 20.8 Å². The van der Waals surface area contributed by atoms with E-state index >= 15 is 0 Å². The van der Waals surface area contributed by atoms with E-state index in [2.05, 4.69) is 30.2 Å². The minimum atomic E-state index is -0.240. The smallest absolute Gasteiger partial charge is 0.121 e. The van der Waals surface area contributed by atoms with Crippen LogP contribution in [0.5, 0.6) is 0 Å². The summed E-state index contributed by atoms with van der Waals surface area (Å²) in [6.07, 6.45) is 1.81. The molecule has 72 valence electrons. The lowest BCUT2D eigenvalue weighted by Gasteiger charge is -2.26. The summed E-state index contributed by atoms with van der Waals surface area (Å²) in [6.45, 7) is 7.05. The molecular weight excluding hydrogens is 174 g/mol. The Balaban J connectivity index is 0. The number of halogens is 1. The molecule has 0 aliphatic carbocycles. The van der Waals surface area contributed by atoms with Gasteiger partial charge in [0.25, 0.3) is 0 Å². The number of nitrogens with zero attached hydrogens (tertiary/aromatic N) is 1. The predicted octanol–water partition coefficient (Wildman–Crippen LogP) is 2.29. The number of hydrogen-bond acceptors (Lipinski definition) is 3. The fraction of sp³-hybridized carbons (Fsp3) is 0.875. The summed E-state index contributed by atoms with van der Waals surface area (Å²) in [6, 6.07) is 2.11. The predicted molar refractivity (Wildman–Crippen MR) is 54.4 cm³/mol. The van der Waals surface area contributed by atoms with Crippen molar-refractivity contribution in [3.8, 4) is 0 Å². The average molecular weight is 192 g/mol. The van der Waals surface area contributed by atoms with Gasteiger partial charge in [0, 0.05) is 0 Å². The van der Waals surface area contributed by atoms with Crippen LogP contribution in [0.25, 0.3) is 0 Å². The normalized spacial score (nSPS) is 9.92. The number of aliphatic imine (C=N–C) groups is 1. The van der Waals surface area contributed by atoms with Crippen LogP contribution < -0.4 is 5.32 Å². The lowest BCUT2D eigenvalue weighted by molar-refractivity contribution is 0.324. The Bertz CT molecular complexity index is 148. The first-order valence-electron chi connectivity index (χ1n) is 4.13. The van der Waals surface area contributed by atoms with Gasteiger partial charge in [-0.3, -0.25) is 5.32 Å². The zero-order valence-electron chi connectivity index (χ0n) is 7.98. The Morgan fingerprint density at radius 1 is 1.33 bits per heavy atom. The largest absolute Gasteiger partial charge is 0.293 e. The summed E-state index contributed by atoms with van der Waals surface area (Å²) in [7, 11) is 0. The molecule has 0 aliphatic rings. The third-order valence-electron chi connectivity index (χ3n) is 1.95. The number of nitrogens with one attached hydrogen (secondary N) is 2. The Morgan fingerprint density at radius 3 is 2.08 bits per heavy atom. The minimum Gasteiger partial charge on any atom is -0.293 e. The highest BCUT2D eigenvalue weighted by Gasteiger charge is 2.22. The van der Waals surface area contributed by atoms with Crippen molar-refractivity contribution >= 4 is 18.4 Å². The van der Waals surface area contributed by atoms with Gasteiger partial charge in [-0.2, -0.15) is 0 Å². The molecule has 0 amide bonds. The Kier molecular flexibility index (Phi) is 8.61. The first-order chi connectivity index (χ1) is 5.24. The van der Waals surface area contributed by atoms with Gasteiger partial charge < -0.3 is 0 Å². The van der Waals surface area contributed by atoms with Crippen LogP contribution in [-0.2, 0) is 0 Å². The Labute approximate surface area is 80.6 Å². The van der Waals surface area contributed by atoms with Gasteiger partial charge >= 0.3 is 0 Å². The lowest BCUT2D eigenvalue weighted by atomic mass is 10.1. The molecule has 0 heterocycles. The third kappa shape index (κ3) is 3.86. The third-order valence-corrected chi connectivity index (χ3v) is 1.95. The average Bonchev–Trinajstić information content (AvgIpc) is 2.04. The summed E-state index contributed by atoms with van der Waals surface area (Å²) in [5, 5.41) is 10.0. The summed E-state index contributed by atoms with van der Waals surface area (Å²) in [4.78, 5) is 3.99. The summed E-state index contributed by atoms with van der Waals surface area (Å²) >= 11 is 0. The van der Waals surface area contributed by atoms with E-state index in [-0.39, 0.29) is 18.1 Å². The van der Waals surface area contributed by atoms with E-state index < -0.39 is 0 Å². The molecule has 0 aromatic carbocycles.